The first-order valence-corrected chi connectivity index (χ1v) is 7.51. The minimum atomic E-state index is -0.269. The van der Waals surface area contributed by atoms with Crippen molar-refractivity contribution in [3.63, 3.8) is 0 Å². The number of aromatic nitrogens is 2. The lowest BCUT2D eigenvalue weighted by molar-refractivity contribution is 0.393. The smallest absolute Gasteiger partial charge is 0.193 e. The summed E-state index contributed by atoms with van der Waals surface area (Å²) in [7, 11) is 3.37. The summed E-state index contributed by atoms with van der Waals surface area (Å²) in [6.45, 7) is 0. The Hall–Kier alpha value is -1.92. The van der Waals surface area contributed by atoms with E-state index in [2.05, 4.69) is 10.3 Å². The van der Waals surface area contributed by atoms with E-state index in [1.807, 2.05) is 29.2 Å². The van der Waals surface area contributed by atoms with Crippen molar-refractivity contribution in [1.82, 2.24) is 14.7 Å². The Bertz CT molecular complexity index is 724. The number of nitrogens with one attached hydrogen (secondary N) is 1. The zero-order valence-electron chi connectivity index (χ0n) is 11.8. The van der Waals surface area contributed by atoms with Gasteiger partial charge in [-0.2, -0.15) is 0 Å². The van der Waals surface area contributed by atoms with E-state index >= 15 is 0 Å². The van der Waals surface area contributed by atoms with E-state index in [4.69, 9.17) is 4.74 Å². The Kier molecular flexibility index (Phi) is 3.90. The Labute approximate surface area is 126 Å². The van der Waals surface area contributed by atoms with Gasteiger partial charge in [-0.3, -0.25) is 4.40 Å². The molecule has 21 heavy (non-hydrogen) atoms. The molecule has 2 aromatic heterocycles. The van der Waals surface area contributed by atoms with Gasteiger partial charge >= 0.3 is 0 Å². The summed E-state index contributed by atoms with van der Waals surface area (Å²) >= 11 is 1.58. The van der Waals surface area contributed by atoms with Crippen molar-refractivity contribution in [2.45, 2.75) is 12.5 Å². The van der Waals surface area contributed by atoms with Crippen LogP contribution >= 0.6 is 11.3 Å². The predicted molar refractivity (Wildman–Crippen MR) is 81.5 cm³/mol. The number of hydrogen-bond donors (Lipinski definition) is 1. The minimum absolute atomic E-state index is 0.189. The molecule has 0 aliphatic rings. The molecule has 0 fully saturated rings. The van der Waals surface area contributed by atoms with Crippen molar-refractivity contribution in [1.29, 1.82) is 0 Å². The number of methoxy groups -OCH3 is 1. The lowest BCUT2D eigenvalue weighted by Crippen LogP contribution is -2.21. The SMILES string of the molecule is CNC(Cc1cn2ccsc2n1)c1c(F)cccc1OC. The summed E-state index contributed by atoms with van der Waals surface area (Å²) in [5, 5.41) is 5.14. The van der Waals surface area contributed by atoms with Crippen LogP contribution in [0.2, 0.25) is 0 Å². The first-order chi connectivity index (χ1) is 10.2. The van der Waals surface area contributed by atoms with Crippen LogP contribution in [0.4, 0.5) is 4.39 Å². The quantitative estimate of drug-likeness (QED) is 0.787. The van der Waals surface area contributed by atoms with Gasteiger partial charge in [0.2, 0.25) is 0 Å². The van der Waals surface area contributed by atoms with E-state index < -0.39 is 0 Å². The summed E-state index contributed by atoms with van der Waals surface area (Å²) in [6.07, 6.45) is 4.54. The van der Waals surface area contributed by atoms with Crippen molar-refractivity contribution in [2.75, 3.05) is 14.2 Å². The fraction of sp³-hybridized carbons (Fsp3) is 0.267. The van der Waals surface area contributed by atoms with Crippen LogP contribution in [0, 0.1) is 5.82 Å². The standard InChI is InChI=1S/C15H16FN3OS/c1-17-12(14-11(16)4-3-5-13(14)20-2)8-10-9-19-6-7-21-15(19)18-10/h3-7,9,12,17H,8H2,1-2H3. The van der Waals surface area contributed by atoms with Crippen molar-refractivity contribution >= 4 is 16.3 Å². The summed E-state index contributed by atoms with van der Waals surface area (Å²) < 4.78 is 21.4. The third-order valence-electron chi connectivity index (χ3n) is 3.49. The van der Waals surface area contributed by atoms with Crippen LogP contribution in [0.25, 0.3) is 4.96 Å². The minimum Gasteiger partial charge on any atom is -0.496 e. The van der Waals surface area contributed by atoms with E-state index in [-0.39, 0.29) is 11.9 Å². The van der Waals surface area contributed by atoms with Crippen LogP contribution in [-0.4, -0.2) is 23.5 Å². The van der Waals surface area contributed by atoms with Gasteiger partial charge in [0.25, 0.3) is 0 Å². The van der Waals surface area contributed by atoms with Crippen LogP contribution in [0.5, 0.6) is 5.75 Å². The molecule has 0 spiro atoms. The van der Waals surface area contributed by atoms with Gasteiger partial charge in [0.15, 0.2) is 4.96 Å². The lowest BCUT2D eigenvalue weighted by Gasteiger charge is -2.19. The first-order valence-electron chi connectivity index (χ1n) is 6.63. The molecule has 0 saturated carbocycles. The molecule has 1 aromatic carbocycles. The fourth-order valence-electron chi connectivity index (χ4n) is 2.47. The molecule has 1 atom stereocenters. The molecule has 0 bridgehead atoms. The van der Waals surface area contributed by atoms with E-state index in [0.29, 0.717) is 17.7 Å². The molecular formula is C15H16FN3OS. The Morgan fingerprint density at radius 1 is 1.48 bits per heavy atom. The monoisotopic (exact) mass is 305 g/mol. The van der Waals surface area contributed by atoms with Gasteiger partial charge < -0.3 is 10.1 Å². The summed E-state index contributed by atoms with van der Waals surface area (Å²) in [4.78, 5) is 5.49. The predicted octanol–water partition coefficient (Wildman–Crippen LogP) is 3.05. The Morgan fingerprint density at radius 2 is 2.33 bits per heavy atom. The molecule has 4 nitrogen and oxygen atoms in total. The maximum atomic E-state index is 14.2. The molecule has 1 N–H and O–H groups in total. The fourth-order valence-corrected chi connectivity index (χ4v) is 3.18. The van der Waals surface area contributed by atoms with Gasteiger partial charge in [0.05, 0.1) is 12.8 Å². The molecule has 0 aliphatic heterocycles. The van der Waals surface area contributed by atoms with Crippen molar-refractivity contribution in [2.24, 2.45) is 0 Å². The zero-order chi connectivity index (χ0) is 14.8. The third-order valence-corrected chi connectivity index (χ3v) is 4.26. The highest BCUT2D eigenvalue weighted by Gasteiger charge is 2.20. The maximum absolute atomic E-state index is 14.2. The number of likely N-dealkylation sites (N-methyl/N-ethyl adjacent to an activating group) is 1. The molecule has 1 unspecified atom stereocenters. The molecule has 2 heterocycles. The highest BCUT2D eigenvalue weighted by atomic mass is 32.1. The highest BCUT2D eigenvalue weighted by molar-refractivity contribution is 7.15. The summed E-state index contributed by atoms with van der Waals surface area (Å²) in [5.74, 6) is 0.282. The number of hydrogen-bond acceptors (Lipinski definition) is 4. The average molecular weight is 305 g/mol. The topological polar surface area (TPSA) is 38.6 Å². The van der Waals surface area contributed by atoms with E-state index in [1.54, 1.807) is 30.6 Å². The molecule has 0 saturated heterocycles. The Morgan fingerprint density at radius 3 is 3.05 bits per heavy atom. The molecule has 0 amide bonds. The second-order valence-corrected chi connectivity index (χ2v) is 5.60. The number of imidazole rings is 1. The zero-order valence-corrected chi connectivity index (χ0v) is 12.7. The van der Waals surface area contributed by atoms with Crippen LogP contribution in [0.1, 0.15) is 17.3 Å². The third kappa shape index (κ3) is 2.64. The van der Waals surface area contributed by atoms with Gasteiger partial charge in [-0.25, -0.2) is 9.37 Å². The normalized spacial score (nSPS) is 12.7. The second kappa shape index (κ2) is 5.83. The largest absolute Gasteiger partial charge is 0.496 e. The van der Waals surface area contributed by atoms with Crippen molar-refractivity contribution in [3.8, 4) is 5.75 Å². The van der Waals surface area contributed by atoms with Gasteiger partial charge in [-0.1, -0.05) is 6.07 Å². The lowest BCUT2D eigenvalue weighted by atomic mass is 10.0. The van der Waals surface area contributed by atoms with E-state index in [9.17, 15) is 4.39 Å². The summed E-state index contributed by atoms with van der Waals surface area (Å²) in [6, 6.07) is 4.69. The molecule has 0 aliphatic carbocycles. The number of ether oxygens (including phenoxy) is 1. The number of thiazole rings is 1. The second-order valence-electron chi connectivity index (χ2n) is 4.73. The van der Waals surface area contributed by atoms with Crippen molar-refractivity contribution in [3.05, 3.63) is 53.0 Å². The van der Waals surface area contributed by atoms with Crippen LogP contribution in [-0.2, 0) is 6.42 Å². The molecule has 3 aromatic rings. The van der Waals surface area contributed by atoms with Crippen molar-refractivity contribution < 1.29 is 9.13 Å². The van der Waals surface area contributed by atoms with Gasteiger partial charge in [-0.05, 0) is 19.2 Å². The number of halogens is 1. The van der Waals surface area contributed by atoms with Gasteiger partial charge in [0, 0.05) is 35.8 Å². The number of benzene rings is 1. The van der Waals surface area contributed by atoms with Crippen LogP contribution < -0.4 is 10.1 Å². The maximum Gasteiger partial charge on any atom is 0.193 e. The van der Waals surface area contributed by atoms with Crippen LogP contribution in [0.3, 0.4) is 0 Å². The van der Waals surface area contributed by atoms with Gasteiger partial charge in [-0.15, -0.1) is 11.3 Å². The number of fused-ring (bicyclic) bond motifs is 1. The molecule has 0 radical (unpaired) electrons. The molecular weight excluding hydrogens is 289 g/mol. The number of nitrogens with zero attached hydrogens (tertiary/aromatic N) is 2. The summed E-state index contributed by atoms with van der Waals surface area (Å²) in [5.41, 5.74) is 1.46. The molecule has 6 heteroatoms. The highest BCUT2D eigenvalue weighted by Crippen LogP contribution is 2.30. The average Bonchev–Trinajstić information content (AvgIpc) is 3.06. The molecule has 3 rings (SSSR count). The van der Waals surface area contributed by atoms with E-state index in [1.165, 1.54) is 6.07 Å². The Balaban J connectivity index is 1.93. The first kappa shape index (κ1) is 14.0. The van der Waals surface area contributed by atoms with Crippen LogP contribution in [0.15, 0.2) is 36.0 Å². The van der Waals surface area contributed by atoms with Gasteiger partial charge in [0.1, 0.15) is 11.6 Å². The molecule has 110 valence electrons. The van der Waals surface area contributed by atoms with E-state index in [0.717, 1.165) is 10.7 Å². The number of rotatable bonds is 5.